The van der Waals surface area contributed by atoms with Crippen molar-refractivity contribution in [3.05, 3.63) is 36.0 Å². The predicted molar refractivity (Wildman–Crippen MR) is 87.2 cm³/mol. The largest absolute Gasteiger partial charge is 0.480 e. The maximum absolute atomic E-state index is 12.3. The van der Waals surface area contributed by atoms with Crippen LogP contribution in [0.25, 0.3) is 10.9 Å². The highest BCUT2D eigenvalue weighted by Gasteiger charge is 2.27. The Hall–Kier alpha value is -2.34. The Labute approximate surface area is 134 Å². The van der Waals surface area contributed by atoms with Crippen molar-refractivity contribution in [1.82, 2.24) is 15.6 Å². The number of amides is 1. The first kappa shape index (κ1) is 15.6. The standard InChI is InChI=1S/C17H21N3O3/c21-16(11-4-3-7-18-9-11)20-15(17(22)23)8-12-10-19-14-6-2-1-5-13(12)14/h1-2,5-6,10-11,15,18-19H,3-4,7-9H2,(H,20,21)(H,22,23)/t11?,15-/m0/s1. The molecule has 1 aromatic carbocycles. The molecule has 23 heavy (non-hydrogen) atoms. The van der Waals surface area contributed by atoms with Gasteiger partial charge in [-0.05, 0) is 31.0 Å². The molecule has 3 rings (SSSR count). The molecule has 0 spiro atoms. The molecule has 0 radical (unpaired) electrons. The third kappa shape index (κ3) is 3.53. The molecule has 4 N–H and O–H groups in total. The van der Waals surface area contributed by atoms with Crippen molar-refractivity contribution in [3.8, 4) is 0 Å². The summed E-state index contributed by atoms with van der Waals surface area (Å²) in [6.07, 6.45) is 3.83. The molecule has 6 nitrogen and oxygen atoms in total. The highest BCUT2D eigenvalue weighted by Crippen LogP contribution is 2.19. The number of aromatic nitrogens is 1. The minimum absolute atomic E-state index is 0.145. The third-order valence-corrected chi connectivity index (χ3v) is 4.38. The topological polar surface area (TPSA) is 94.2 Å². The zero-order valence-electron chi connectivity index (χ0n) is 12.8. The Balaban J connectivity index is 1.71. The monoisotopic (exact) mass is 315 g/mol. The van der Waals surface area contributed by atoms with Gasteiger partial charge in [-0.2, -0.15) is 0 Å². The van der Waals surface area contributed by atoms with Gasteiger partial charge in [0, 0.05) is 30.1 Å². The summed E-state index contributed by atoms with van der Waals surface area (Å²) in [6.45, 7) is 1.53. The highest BCUT2D eigenvalue weighted by atomic mass is 16.4. The predicted octanol–water partition coefficient (Wildman–Crippen LogP) is 1.28. The van der Waals surface area contributed by atoms with Crippen LogP contribution in [0.3, 0.4) is 0 Å². The number of piperidine rings is 1. The maximum atomic E-state index is 12.3. The van der Waals surface area contributed by atoms with Crippen LogP contribution in [0.4, 0.5) is 0 Å². The average molecular weight is 315 g/mol. The van der Waals surface area contributed by atoms with E-state index in [1.165, 1.54) is 0 Å². The van der Waals surface area contributed by atoms with E-state index in [4.69, 9.17) is 0 Å². The second-order valence-electron chi connectivity index (χ2n) is 6.01. The Bertz CT molecular complexity index is 704. The van der Waals surface area contributed by atoms with Crippen LogP contribution in [0.5, 0.6) is 0 Å². The van der Waals surface area contributed by atoms with Gasteiger partial charge in [-0.25, -0.2) is 4.79 Å². The number of carboxylic acids is 1. The number of aromatic amines is 1. The minimum atomic E-state index is -1.01. The van der Waals surface area contributed by atoms with Crippen LogP contribution in [0, 0.1) is 5.92 Å². The number of benzene rings is 1. The summed E-state index contributed by atoms with van der Waals surface area (Å²) in [4.78, 5) is 27.0. The van der Waals surface area contributed by atoms with E-state index in [-0.39, 0.29) is 18.2 Å². The number of aliphatic carboxylic acids is 1. The number of hydrogen-bond donors (Lipinski definition) is 4. The van der Waals surface area contributed by atoms with Gasteiger partial charge in [0.1, 0.15) is 6.04 Å². The van der Waals surface area contributed by atoms with E-state index in [0.717, 1.165) is 35.9 Å². The van der Waals surface area contributed by atoms with E-state index in [9.17, 15) is 14.7 Å². The molecule has 2 atom stereocenters. The van der Waals surface area contributed by atoms with Crippen molar-refractivity contribution in [2.24, 2.45) is 5.92 Å². The minimum Gasteiger partial charge on any atom is -0.480 e. The van der Waals surface area contributed by atoms with Crippen LogP contribution in [0.1, 0.15) is 18.4 Å². The second-order valence-corrected chi connectivity index (χ2v) is 6.01. The summed E-state index contributed by atoms with van der Waals surface area (Å²) in [5, 5.41) is 16.3. The first-order chi connectivity index (χ1) is 11.1. The Morgan fingerprint density at radius 2 is 2.17 bits per heavy atom. The molecular formula is C17H21N3O3. The number of carbonyl (C=O) groups excluding carboxylic acids is 1. The lowest BCUT2D eigenvalue weighted by molar-refractivity contribution is -0.142. The zero-order valence-corrected chi connectivity index (χ0v) is 12.8. The van der Waals surface area contributed by atoms with Crippen molar-refractivity contribution < 1.29 is 14.7 Å². The lowest BCUT2D eigenvalue weighted by atomic mass is 9.97. The van der Waals surface area contributed by atoms with Crippen molar-refractivity contribution in [2.75, 3.05) is 13.1 Å². The number of fused-ring (bicyclic) bond motifs is 1. The molecule has 1 aromatic heterocycles. The van der Waals surface area contributed by atoms with Gasteiger partial charge < -0.3 is 20.7 Å². The van der Waals surface area contributed by atoms with Crippen LogP contribution in [0.2, 0.25) is 0 Å². The van der Waals surface area contributed by atoms with Crippen LogP contribution >= 0.6 is 0 Å². The van der Waals surface area contributed by atoms with Gasteiger partial charge in [-0.1, -0.05) is 18.2 Å². The number of carboxylic acid groups (broad SMARTS) is 1. The van der Waals surface area contributed by atoms with Crippen molar-refractivity contribution >= 4 is 22.8 Å². The first-order valence-corrected chi connectivity index (χ1v) is 7.94. The summed E-state index contributed by atoms with van der Waals surface area (Å²) in [5.41, 5.74) is 1.87. The fraction of sp³-hybridized carbons (Fsp3) is 0.412. The molecule has 122 valence electrons. The van der Waals surface area contributed by atoms with E-state index in [0.29, 0.717) is 6.54 Å². The Kier molecular flexibility index (Phi) is 4.62. The SMILES string of the molecule is O=C(N[C@@H](Cc1c[nH]c2ccccc12)C(=O)O)C1CCCNC1. The molecule has 0 aliphatic carbocycles. The molecule has 1 aliphatic rings. The number of para-hydroxylation sites is 1. The Morgan fingerprint density at radius 1 is 1.35 bits per heavy atom. The fourth-order valence-corrected chi connectivity index (χ4v) is 3.09. The molecule has 1 unspecified atom stereocenters. The van der Waals surface area contributed by atoms with Gasteiger partial charge in [-0.15, -0.1) is 0 Å². The molecule has 1 saturated heterocycles. The van der Waals surface area contributed by atoms with Gasteiger partial charge in [0.05, 0.1) is 5.92 Å². The van der Waals surface area contributed by atoms with E-state index >= 15 is 0 Å². The number of H-pyrrole nitrogens is 1. The van der Waals surface area contributed by atoms with Crippen LogP contribution in [0.15, 0.2) is 30.5 Å². The summed E-state index contributed by atoms with van der Waals surface area (Å²) in [7, 11) is 0. The zero-order chi connectivity index (χ0) is 16.2. The lowest BCUT2D eigenvalue weighted by Crippen LogP contribution is -2.48. The first-order valence-electron chi connectivity index (χ1n) is 7.94. The van der Waals surface area contributed by atoms with Gasteiger partial charge in [0.2, 0.25) is 5.91 Å². The Morgan fingerprint density at radius 3 is 2.91 bits per heavy atom. The van der Waals surface area contributed by atoms with E-state index in [1.54, 1.807) is 0 Å². The van der Waals surface area contributed by atoms with Crippen LogP contribution in [-0.4, -0.2) is 41.1 Å². The smallest absolute Gasteiger partial charge is 0.326 e. The molecule has 0 saturated carbocycles. The lowest BCUT2D eigenvalue weighted by Gasteiger charge is -2.24. The van der Waals surface area contributed by atoms with E-state index in [1.807, 2.05) is 30.5 Å². The average Bonchev–Trinajstić information content (AvgIpc) is 2.98. The van der Waals surface area contributed by atoms with Gasteiger partial charge >= 0.3 is 5.97 Å². The van der Waals surface area contributed by atoms with Gasteiger partial charge in [0.25, 0.3) is 0 Å². The van der Waals surface area contributed by atoms with Crippen LogP contribution in [-0.2, 0) is 16.0 Å². The maximum Gasteiger partial charge on any atom is 0.326 e. The van der Waals surface area contributed by atoms with Crippen molar-refractivity contribution in [3.63, 3.8) is 0 Å². The number of nitrogens with one attached hydrogen (secondary N) is 3. The van der Waals surface area contributed by atoms with E-state index < -0.39 is 12.0 Å². The van der Waals surface area contributed by atoms with Crippen LogP contribution < -0.4 is 10.6 Å². The quantitative estimate of drug-likeness (QED) is 0.668. The van der Waals surface area contributed by atoms with Gasteiger partial charge in [0.15, 0.2) is 0 Å². The second kappa shape index (κ2) is 6.83. The van der Waals surface area contributed by atoms with Crippen molar-refractivity contribution in [1.29, 1.82) is 0 Å². The summed E-state index contributed by atoms with van der Waals surface area (Å²) in [6, 6.07) is 6.83. The summed E-state index contributed by atoms with van der Waals surface area (Å²) in [5.74, 6) is -1.33. The molecule has 1 aliphatic heterocycles. The summed E-state index contributed by atoms with van der Waals surface area (Å²) < 4.78 is 0. The highest BCUT2D eigenvalue weighted by molar-refractivity contribution is 5.87. The molecule has 1 fully saturated rings. The van der Waals surface area contributed by atoms with Crippen molar-refractivity contribution in [2.45, 2.75) is 25.3 Å². The molecule has 2 aromatic rings. The number of hydrogen-bond acceptors (Lipinski definition) is 3. The normalized spacial score (nSPS) is 19.4. The molecule has 2 heterocycles. The molecule has 0 bridgehead atoms. The van der Waals surface area contributed by atoms with E-state index in [2.05, 4.69) is 15.6 Å². The molecular weight excluding hydrogens is 294 g/mol. The fourth-order valence-electron chi connectivity index (χ4n) is 3.09. The third-order valence-electron chi connectivity index (χ3n) is 4.38. The molecule has 6 heteroatoms. The van der Waals surface area contributed by atoms with Gasteiger partial charge in [-0.3, -0.25) is 4.79 Å². The number of carbonyl (C=O) groups is 2. The molecule has 1 amide bonds. The summed E-state index contributed by atoms with van der Waals surface area (Å²) >= 11 is 0. The number of rotatable bonds is 5.